The summed E-state index contributed by atoms with van der Waals surface area (Å²) < 4.78 is 7.34. The summed E-state index contributed by atoms with van der Waals surface area (Å²) in [6.45, 7) is 3.93. The highest BCUT2D eigenvalue weighted by atomic mass is 16.5. The molecule has 1 aromatic heterocycles. The number of unbranched alkanes of at least 4 members (excludes halogenated alkanes) is 2. The molecule has 0 aromatic carbocycles. The maximum Gasteiger partial charge on any atom is 0.330 e. The molecule has 118 valence electrons. The van der Waals surface area contributed by atoms with Crippen LogP contribution in [-0.2, 0) is 10.5 Å². The number of ether oxygens (including phenoxy) is 1. The first-order valence-corrected chi connectivity index (χ1v) is 7.64. The molecular formula is C15H24N2O4. The fourth-order valence-corrected chi connectivity index (χ4v) is 2.88. The van der Waals surface area contributed by atoms with Crippen molar-refractivity contribution in [3.8, 4) is 0 Å². The van der Waals surface area contributed by atoms with Crippen molar-refractivity contribution in [3.05, 3.63) is 33.1 Å². The molecule has 2 N–H and O–H groups in total. The summed E-state index contributed by atoms with van der Waals surface area (Å²) >= 11 is 0. The van der Waals surface area contributed by atoms with E-state index in [1.54, 1.807) is 0 Å². The highest BCUT2D eigenvalue weighted by molar-refractivity contribution is 4.92. The molecule has 2 heterocycles. The van der Waals surface area contributed by atoms with Crippen molar-refractivity contribution in [2.75, 3.05) is 0 Å². The number of hydrogen-bond donors (Lipinski definition) is 2. The molecule has 21 heavy (non-hydrogen) atoms. The van der Waals surface area contributed by atoms with Crippen LogP contribution < -0.4 is 11.2 Å². The van der Waals surface area contributed by atoms with E-state index in [1.165, 1.54) is 16.8 Å². The summed E-state index contributed by atoms with van der Waals surface area (Å²) in [4.78, 5) is 25.3. The lowest BCUT2D eigenvalue weighted by Gasteiger charge is -2.28. The number of aromatic amines is 1. The second-order valence-corrected chi connectivity index (χ2v) is 5.91. The molecule has 0 bridgehead atoms. The van der Waals surface area contributed by atoms with Crippen LogP contribution in [0.3, 0.4) is 0 Å². The van der Waals surface area contributed by atoms with Crippen LogP contribution in [0.15, 0.2) is 21.9 Å². The SMILES string of the molecule is CCCCCC(O)[C@@H]1CC[C@](C)(n2ccc(=O)[nH]c2=O)O1. The summed E-state index contributed by atoms with van der Waals surface area (Å²) in [5.41, 5.74) is -1.71. The highest BCUT2D eigenvalue weighted by Crippen LogP contribution is 2.35. The average Bonchev–Trinajstić information content (AvgIpc) is 2.82. The Morgan fingerprint density at radius 3 is 2.95 bits per heavy atom. The van der Waals surface area contributed by atoms with Gasteiger partial charge in [0, 0.05) is 12.3 Å². The molecule has 6 nitrogen and oxygen atoms in total. The molecule has 1 aromatic rings. The second kappa shape index (κ2) is 6.58. The van der Waals surface area contributed by atoms with Gasteiger partial charge in [-0.15, -0.1) is 0 Å². The van der Waals surface area contributed by atoms with Gasteiger partial charge in [-0.25, -0.2) is 4.79 Å². The fourth-order valence-electron chi connectivity index (χ4n) is 2.88. The molecule has 1 unspecified atom stereocenters. The number of rotatable bonds is 6. The summed E-state index contributed by atoms with van der Waals surface area (Å²) in [5.74, 6) is 0. The second-order valence-electron chi connectivity index (χ2n) is 5.91. The van der Waals surface area contributed by atoms with Crippen LogP contribution in [0, 0.1) is 0 Å². The van der Waals surface area contributed by atoms with Gasteiger partial charge < -0.3 is 9.84 Å². The Morgan fingerprint density at radius 1 is 1.52 bits per heavy atom. The number of nitrogens with one attached hydrogen (secondary N) is 1. The van der Waals surface area contributed by atoms with E-state index in [2.05, 4.69) is 11.9 Å². The molecule has 1 fully saturated rings. The maximum absolute atomic E-state index is 11.9. The van der Waals surface area contributed by atoms with Gasteiger partial charge in [-0.2, -0.15) is 0 Å². The van der Waals surface area contributed by atoms with Crippen LogP contribution in [0.4, 0.5) is 0 Å². The van der Waals surface area contributed by atoms with Crippen molar-refractivity contribution in [3.63, 3.8) is 0 Å². The number of aromatic nitrogens is 2. The Hall–Kier alpha value is -1.40. The molecule has 3 atom stereocenters. The predicted octanol–water partition coefficient (Wildman–Crippen LogP) is 1.33. The molecule has 6 heteroatoms. The number of aliphatic hydroxyl groups is 1. The van der Waals surface area contributed by atoms with E-state index in [-0.39, 0.29) is 6.10 Å². The minimum Gasteiger partial charge on any atom is -0.390 e. The highest BCUT2D eigenvalue weighted by Gasteiger charge is 2.40. The zero-order valence-electron chi connectivity index (χ0n) is 12.7. The maximum atomic E-state index is 11.9. The molecule has 0 aliphatic carbocycles. The lowest BCUT2D eigenvalue weighted by atomic mass is 10.0. The summed E-state index contributed by atoms with van der Waals surface area (Å²) in [5, 5.41) is 10.2. The van der Waals surface area contributed by atoms with Gasteiger partial charge in [0.1, 0.15) is 5.72 Å². The first kappa shape index (κ1) is 16.0. The molecule has 1 aliphatic heterocycles. The number of nitrogens with zero attached hydrogens (tertiary/aromatic N) is 1. The van der Waals surface area contributed by atoms with Crippen LogP contribution in [0.25, 0.3) is 0 Å². The van der Waals surface area contributed by atoms with Crippen LogP contribution >= 0.6 is 0 Å². The smallest absolute Gasteiger partial charge is 0.330 e. The molecule has 1 saturated heterocycles. The van der Waals surface area contributed by atoms with Crippen LogP contribution in [-0.4, -0.2) is 26.9 Å². The van der Waals surface area contributed by atoms with Gasteiger partial charge in [0.05, 0.1) is 12.2 Å². The van der Waals surface area contributed by atoms with Gasteiger partial charge >= 0.3 is 5.69 Å². The van der Waals surface area contributed by atoms with Crippen LogP contribution in [0.1, 0.15) is 52.4 Å². The predicted molar refractivity (Wildman–Crippen MR) is 79.2 cm³/mol. The van der Waals surface area contributed by atoms with Crippen LogP contribution in [0.5, 0.6) is 0 Å². The van der Waals surface area contributed by atoms with E-state index >= 15 is 0 Å². The third kappa shape index (κ3) is 3.63. The first-order chi connectivity index (χ1) is 9.96. The van der Waals surface area contributed by atoms with Crippen LogP contribution in [0.2, 0.25) is 0 Å². The van der Waals surface area contributed by atoms with Crippen molar-refractivity contribution >= 4 is 0 Å². The lowest BCUT2D eigenvalue weighted by molar-refractivity contribution is -0.123. The topological polar surface area (TPSA) is 84.3 Å². The van der Waals surface area contributed by atoms with Gasteiger partial charge in [-0.05, 0) is 26.2 Å². The quantitative estimate of drug-likeness (QED) is 0.776. The molecule has 0 amide bonds. The van der Waals surface area contributed by atoms with Gasteiger partial charge in [0.15, 0.2) is 0 Å². The average molecular weight is 296 g/mol. The lowest BCUT2D eigenvalue weighted by Crippen LogP contribution is -2.42. The van der Waals surface area contributed by atoms with Gasteiger partial charge in [-0.1, -0.05) is 26.2 Å². The van der Waals surface area contributed by atoms with Gasteiger partial charge in [0.25, 0.3) is 5.56 Å². The first-order valence-electron chi connectivity index (χ1n) is 7.64. The van der Waals surface area contributed by atoms with E-state index in [0.29, 0.717) is 12.8 Å². The van der Waals surface area contributed by atoms with Crippen molar-refractivity contribution in [1.82, 2.24) is 9.55 Å². The fraction of sp³-hybridized carbons (Fsp3) is 0.733. The van der Waals surface area contributed by atoms with Gasteiger partial charge in [-0.3, -0.25) is 14.3 Å². The van der Waals surface area contributed by atoms with E-state index in [4.69, 9.17) is 4.74 Å². The number of aliphatic hydroxyl groups excluding tert-OH is 1. The van der Waals surface area contributed by atoms with E-state index < -0.39 is 23.1 Å². The Labute approximate surface area is 123 Å². The van der Waals surface area contributed by atoms with E-state index in [1.807, 2.05) is 6.92 Å². The summed E-state index contributed by atoms with van der Waals surface area (Å²) in [7, 11) is 0. The van der Waals surface area contributed by atoms with Crippen molar-refractivity contribution in [2.45, 2.75) is 70.3 Å². The Morgan fingerprint density at radius 2 is 2.29 bits per heavy atom. The van der Waals surface area contributed by atoms with Gasteiger partial charge in [0.2, 0.25) is 0 Å². The normalized spacial score (nSPS) is 26.9. The Kier molecular flexibility index (Phi) is 5.00. The third-order valence-electron chi connectivity index (χ3n) is 4.16. The molecule has 2 rings (SSSR count). The molecular weight excluding hydrogens is 272 g/mol. The third-order valence-corrected chi connectivity index (χ3v) is 4.16. The van der Waals surface area contributed by atoms with Crippen molar-refractivity contribution in [2.24, 2.45) is 0 Å². The Balaban J connectivity index is 2.06. The zero-order valence-corrected chi connectivity index (χ0v) is 12.7. The standard InChI is InChI=1S/C15H24N2O4/c1-3-4-5-6-11(18)12-7-9-15(2,21-12)17-10-8-13(19)16-14(17)20/h8,10-12,18H,3-7,9H2,1-2H3,(H,16,19,20)/t11?,12-,15+/m0/s1. The number of H-pyrrole nitrogens is 1. The largest absolute Gasteiger partial charge is 0.390 e. The summed E-state index contributed by atoms with van der Waals surface area (Å²) in [6, 6.07) is 1.31. The minimum absolute atomic E-state index is 0.259. The summed E-state index contributed by atoms with van der Waals surface area (Å²) in [6.07, 6.45) is 5.93. The van der Waals surface area contributed by atoms with Crippen molar-refractivity contribution in [1.29, 1.82) is 0 Å². The molecule has 1 aliphatic rings. The zero-order chi connectivity index (χ0) is 15.5. The van der Waals surface area contributed by atoms with E-state index in [9.17, 15) is 14.7 Å². The number of hydrogen-bond acceptors (Lipinski definition) is 4. The Bertz CT molecular complexity index is 580. The van der Waals surface area contributed by atoms with Crippen molar-refractivity contribution < 1.29 is 9.84 Å². The molecule has 0 saturated carbocycles. The monoisotopic (exact) mass is 296 g/mol. The van der Waals surface area contributed by atoms with E-state index in [0.717, 1.165) is 25.7 Å². The minimum atomic E-state index is -0.808. The molecule has 0 spiro atoms. The molecule has 0 radical (unpaired) electrons.